The molecule has 178 valence electrons. The number of esters is 3. The highest BCUT2D eigenvalue weighted by Crippen LogP contribution is 2.19. The molecule has 0 N–H and O–H groups in total. The van der Waals surface area contributed by atoms with Crippen LogP contribution in [0.3, 0.4) is 0 Å². The highest BCUT2D eigenvalue weighted by atomic mass is 16.6. The molecule has 0 radical (unpaired) electrons. The first-order chi connectivity index (χ1) is 14.7. The summed E-state index contributed by atoms with van der Waals surface area (Å²) in [5, 5.41) is 2.83. The maximum Gasteiger partial charge on any atom is 0.330 e. The smallest absolute Gasteiger partial charge is 0.330 e. The number of carbonyl (C=O) groups is 3. The Bertz CT molecular complexity index is 564. The third-order valence-corrected chi connectivity index (χ3v) is 4.56. The van der Waals surface area contributed by atoms with Crippen LogP contribution in [0.15, 0.2) is 17.8 Å². The summed E-state index contributed by atoms with van der Waals surface area (Å²) in [6.07, 6.45) is 5.84. The van der Waals surface area contributed by atoms with Crippen LogP contribution in [0, 0.1) is 4.91 Å². The van der Waals surface area contributed by atoms with Gasteiger partial charge in [-0.1, -0.05) is 24.6 Å². The van der Waals surface area contributed by atoms with E-state index < -0.39 is 11.6 Å². The van der Waals surface area contributed by atoms with E-state index >= 15 is 0 Å². The number of hydrogen-bond acceptors (Lipinski definition) is 9. The first-order valence-corrected chi connectivity index (χ1v) is 10.9. The minimum absolute atomic E-state index is 0.0987. The van der Waals surface area contributed by atoms with E-state index in [1.165, 1.54) is 0 Å². The van der Waals surface area contributed by atoms with Crippen LogP contribution >= 0.6 is 0 Å². The molecule has 9 heteroatoms. The molecule has 0 rings (SSSR count). The van der Waals surface area contributed by atoms with Crippen molar-refractivity contribution in [1.82, 2.24) is 4.90 Å². The topological polar surface area (TPSA) is 112 Å². The monoisotopic (exact) mass is 442 g/mol. The lowest BCUT2D eigenvalue weighted by atomic mass is 10.00. The van der Waals surface area contributed by atoms with Crippen molar-refractivity contribution in [1.29, 1.82) is 0 Å². The molecule has 0 aromatic carbocycles. The van der Waals surface area contributed by atoms with Crippen molar-refractivity contribution < 1.29 is 28.6 Å². The van der Waals surface area contributed by atoms with Gasteiger partial charge in [-0.3, -0.25) is 9.59 Å². The molecule has 0 spiro atoms. The molecule has 31 heavy (non-hydrogen) atoms. The molecule has 0 aliphatic rings. The minimum Gasteiger partial charge on any atom is -0.466 e. The average molecular weight is 443 g/mol. The van der Waals surface area contributed by atoms with Gasteiger partial charge in [0.1, 0.15) is 5.60 Å². The van der Waals surface area contributed by atoms with Gasteiger partial charge in [-0.15, -0.1) is 0 Å². The molecule has 0 aliphatic carbocycles. The predicted molar refractivity (Wildman–Crippen MR) is 117 cm³/mol. The summed E-state index contributed by atoms with van der Waals surface area (Å²) >= 11 is 0. The summed E-state index contributed by atoms with van der Waals surface area (Å²) in [5.74, 6) is -1.03. The third kappa shape index (κ3) is 17.1. The summed E-state index contributed by atoms with van der Waals surface area (Å²) in [7, 11) is 0. The Morgan fingerprint density at radius 2 is 1.58 bits per heavy atom. The zero-order valence-corrected chi connectivity index (χ0v) is 19.2. The van der Waals surface area contributed by atoms with Gasteiger partial charge in [0.15, 0.2) is 0 Å². The van der Waals surface area contributed by atoms with E-state index in [-0.39, 0.29) is 31.3 Å². The summed E-state index contributed by atoms with van der Waals surface area (Å²) in [6, 6.07) is 0. The number of unbranched alkanes of at least 4 members (excludes halogenated alkanes) is 3. The normalized spacial score (nSPS) is 11.1. The number of ether oxygens (including phenoxy) is 3. The van der Waals surface area contributed by atoms with Crippen molar-refractivity contribution in [3.8, 4) is 0 Å². The van der Waals surface area contributed by atoms with Crippen molar-refractivity contribution in [3.63, 3.8) is 0 Å². The van der Waals surface area contributed by atoms with Crippen LogP contribution < -0.4 is 0 Å². The number of nitroso groups, excluding NO2 is 1. The molecular formula is C22H38N2O7. The van der Waals surface area contributed by atoms with Gasteiger partial charge in [-0.05, 0) is 40.0 Å². The summed E-state index contributed by atoms with van der Waals surface area (Å²) in [4.78, 5) is 46.9. The molecule has 0 atom stereocenters. The number of hydrogen-bond donors (Lipinski definition) is 0. The van der Waals surface area contributed by atoms with Gasteiger partial charge in [0, 0.05) is 25.7 Å². The SMILES string of the molecule is C=CC(=O)OC(C)(C)CCCCCCOC(=O)CCN(CCN=O)CCC(=O)OCC. The molecule has 0 amide bonds. The first-order valence-electron chi connectivity index (χ1n) is 10.9. The summed E-state index contributed by atoms with van der Waals surface area (Å²) in [6.45, 7) is 10.8. The van der Waals surface area contributed by atoms with Crippen molar-refractivity contribution in [2.24, 2.45) is 5.18 Å². The standard InChI is InChI=1S/C22H38N2O7/c1-5-19(25)31-22(3,4)13-9-7-8-10-18-30-21(27)12-16-24(17-14-23-28)15-11-20(26)29-6-2/h5H,1,6-18H2,2-4H3. The molecule has 0 heterocycles. The Labute approximate surface area is 185 Å². The number of nitrogens with zero attached hydrogens (tertiary/aromatic N) is 2. The van der Waals surface area contributed by atoms with Crippen molar-refractivity contribution in [2.75, 3.05) is 39.4 Å². The molecule has 9 nitrogen and oxygen atoms in total. The zero-order chi connectivity index (χ0) is 23.5. The largest absolute Gasteiger partial charge is 0.466 e. The van der Waals surface area contributed by atoms with Gasteiger partial charge in [0.2, 0.25) is 0 Å². The Morgan fingerprint density at radius 3 is 2.16 bits per heavy atom. The predicted octanol–water partition coefficient (Wildman–Crippen LogP) is 3.40. The lowest BCUT2D eigenvalue weighted by Gasteiger charge is -2.24. The number of carbonyl (C=O) groups excluding carboxylic acids is 3. The Hall–Kier alpha value is -2.29. The maximum absolute atomic E-state index is 11.9. The molecule has 0 aromatic heterocycles. The average Bonchev–Trinajstić information content (AvgIpc) is 2.72. The lowest BCUT2D eigenvalue weighted by Crippen LogP contribution is -2.31. The molecule has 0 unspecified atom stereocenters. The van der Waals surface area contributed by atoms with Gasteiger partial charge in [-0.25, -0.2) is 4.79 Å². The van der Waals surface area contributed by atoms with Crippen LogP contribution in [0.2, 0.25) is 0 Å². The van der Waals surface area contributed by atoms with Gasteiger partial charge in [0.25, 0.3) is 0 Å². The van der Waals surface area contributed by atoms with Crippen molar-refractivity contribution in [2.45, 2.75) is 71.3 Å². The van der Waals surface area contributed by atoms with Crippen LogP contribution in [0.5, 0.6) is 0 Å². The highest BCUT2D eigenvalue weighted by molar-refractivity contribution is 5.81. The van der Waals surface area contributed by atoms with Crippen LogP contribution in [-0.4, -0.2) is 67.8 Å². The Balaban J connectivity index is 3.94. The van der Waals surface area contributed by atoms with Gasteiger partial charge in [-0.2, -0.15) is 4.91 Å². The summed E-state index contributed by atoms with van der Waals surface area (Å²) < 4.78 is 15.4. The lowest BCUT2D eigenvalue weighted by molar-refractivity contribution is -0.151. The van der Waals surface area contributed by atoms with E-state index in [9.17, 15) is 19.3 Å². The molecule has 0 fully saturated rings. The molecule has 0 saturated heterocycles. The highest BCUT2D eigenvalue weighted by Gasteiger charge is 2.20. The van der Waals surface area contributed by atoms with Crippen molar-refractivity contribution >= 4 is 17.9 Å². The van der Waals surface area contributed by atoms with Gasteiger partial charge in [0.05, 0.1) is 32.6 Å². The van der Waals surface area contributed by atoms with E-state index in [0.29, 0.717) is 32.8 Å². The van der Waals surface area contributed by atoms with Gasteiger partial charge < -0.3 is 19.1 Å². The van der Waals surface area contributed by atoms with Crippen LogP contribution in [-0.2, 0) is 28.6 Å². The van der Waals surface area contributed by atoms with E-state index in [1.807, 2.05) is 18.7 Å². The fourth-order valence-corrected chi connectivity index (χ4v) is 2.88. The summed E-state index contributed by atoms with van der Waals surface area (Å²) in [5.41, 5.74) is -0.518. The van der Waals surface area contributed by atoms with E-state index in [2.05, 4.69) is 11.8 Å². The molecule has 0 saturated carbocycles. The van der Waals surface area contributed by atoms with Crippen LogP contribution in [0.25, 0.3) is 0 Å². The maximum atomic E-state index is 11.9. The van der Waals surface area contributed by atoms with E-state index in [0.717, 1.165) is 38.2 Å². The molecule has 0 bridgehead atoms. The van der Waals surface area contributed by atoms with Crippen molar-refractivity contribution in [3.05, 3.63) is 17.6 Å². The van der Waals surface area contributed by atoms with E-state index in [4.69, 9.17) is 14.2 Å². The second-order valence-corrected chi connectivity index (χ2v) is 7.77. The second-order valence-electron chi connectivity index (χ2n) is 7.77. The third-order valence-electron chi connectivity index (χ3n) is 4.56. The number of rotatable bonds is 19. The van der Waals surface area contributed by atoms with Crippen LogP contribution in [0.4, 0.5) is 0 Å². The zero-order valence-electron chi connectivity index (χ0n) is 19.2. The Morgan fingerprint density at radius 1 is 0.968 bits per heavy atom. The van der Waals surface area contributed by atoms with Crippen LogP contribution in [0.1, 0.15) is 65.7 Å². The first kappa shape index (κ1) is 28.7. The van der Waals surface area contributed by atoms with E-state index in [1.54, 1.807) is 6.92 Å². The van der Waals surface area contributed by atoms with Gasteiger partial charge >= 0.3 is 17.9 Å². The second kappa shape index (κ2) is 17.4. The quantitative estimate of drug-likeness (QED) is 0.0984. The minimum atomic E-state index is -0.518. The molecule has 0 aliphatic heterocycles. The molecular weight excluding hydrogens is 404 g/mol. The fourth-order valence-electron chi connectivity index (χ4n) is 2.88. The Kier molecular flexibility index (Phi) is 16.1. The fraction of sp³-hybridized carbons (Fsp3) is 0.773. The molecule has 0 aromatic rings.